The highest BCUT2D eigenvalue weighted by Crippen LogP contribution is 2.48. The summed E-state index contributed by atoms with van der Waals surface area (Å²) in [5.41, 5.74) is 0.722. The van der Waals surface area contributed by atoms with Crippen molar-refractivity contribution in [3.63, 3.8) is 0 Å². The number of ether oxygens (including phenoxy) is 2. The van der Waals surface area contributed by atoms with E-state index < -0.39 is 16.8 Å². The van der Waals surface area contributed by atoms with Crippen LogP contribution in [0, 0.1) is 0 Å². The van der Waals surface area contributed by atoms with Gasteiger partial charge in [0.1, 0.15) is 11.5 Å². The number of methoxy groups -OCH3 is 2. The summed E-state index contributed by atoms with van der Waals surface area (Å²) in [5, 5.41) is 12.8. The van der Waals surface area contributed by atoms with E-state index in [4.69, 9.17) is 9.47 Å². The van der Waals surface area contributed by atoms with Crippen LogP contribution in [-0.4, -0.2) is 35.9 Å². The van der Waals surface area contributed by atoms with Gasteiger partial charge in [-0.15, -0.1) is 11.8 Å². The Morgan fingerprint density at radius 2 is 1.62 bits per heavy atom. The predicted octanol–water partition coefficient (Wildman–Crippen LogP) is 2.88. The average Bonchev–Trinajstić information content (AvgIpc) is 3.00. The molecule has 1 aliphatic heterocycles. The smallest absolute Gasteiger partial charge is 0.323 e. The van der Waals surface area contributed by atoms with E-state index in [1.807, 2.05) is 0 Å². The van der Waals surface area contributed by atoms with E-state index in [9.17, 15) is 14.7 Å². The number of nitrogens with one attached hydrogen (secondary N) is 1. The van der Waals surface area contributed by atoms with Gasteiger partial charge in [-0.25, -0.2) is 0 Å². The lowest BCUT2D eigenvalue weighted by Crippen LogP contribution is -2.40. The molecule has 1 saturated heterocycles. The van der Waals surface area contributed by atoms with Crippen LogP contribution in [0.25, 0.3) is 0 Å². The van der Waals surface area contributed by atoms with Crippen LogP contribution in [0.2, 0.25) is 0 Å². The Balaban J connectivity index is 1.97. The lowest BCUT2D eigenvalue weighted by atomic mass is 9.93. The van der Waals surface area contributed by atoms with E-state index in [1.54, 1.807) is 62.8 Å². The number of carboxylic acids is 1. The number of carbonyl (C=O) groups is 2. The van der Waals surface area contributed by atoms with Crippen LogP contribution in [0.4, 0.5) is 0 Å². The van der Waals surface area contributed by atoms with Gasteiger partial charge in [0.05, 0.1) is 26.7 Å². The summed E-state index contributed by atoms with van der Waals surface area (Å²) in [6, 6.07) is 13.5. The summed E-state index contributed by atoms with van der Waals surface area (Å²) in [5.74, 6) is 0.0413. The van der Waals surface area contributed by atoms with Crippen molar-refractivity contribution in [2.45, 2.75) is 22.1 Å². The van der Waals surface area contributed by atoms with Gasteiger partial charge < -0.3 is 19.9 Å². The Kier molecular flexibility index (Phi) is 5.08. The Morgan fingerprint density at radius 3 is 2.12 bits per heavy atom. The summed E-state index contributed by atoms with van der Waals surface area (Å²) >= 11 is 1.17. The average molecular weight is 373 g/mol. The molecule has 6 nitrogen and oxygen atoms in total. The molecular weight excluding hydrogens is 354 g/mol. The number of thioether (sulfide) groups is 1. The standard InChI is InChI=1S/C19H19NO5S/c1-24-13-5-3-12(4-6-13)17-19(18(22)23,11-16(21)20-17)26-15-9-7-14(25-2)8-10-15/h3-10,17H,11H2,1-2H3,(H,20,21)(H,22,23)/t17-,19-/m1/s1. The van der Waals surface area contributed by atoms with Gasteiger partial charge in [-0.2, -0.15) is 0 Å². The van der Waals surface area contributed by atoms with Gasteiger partial charge in [-0.1, -0.05) is 12.1 Å². The molecule has 3 rings (SSSR count). The largest absolute Gasteiger partial charge is 0.497 e. The van der Waals surface area contributed by atoms with Gasteiger partial charge in [-0.3, -0.25) is 9.59 Å². The topological polar surface area (TPSA) is 84.9 Å². The highest BCUT2D eigenvalue weighted by atomic mass is 32.2. The maximum atomic E-state index is 12.2. The molecule has 2 aromatic rings. The van der Waals surface area contributed by atoms with Gasteiger partial charge in [0.25, 0.3) is 0 Å². The third kappa shape index (κ3) is 3.35. The van der Waals surface area contributed by atoms with Gasteiger partial charge in [-0.05, 0) is 42.0 Å². The number of rotatable bonds is 6. The predicted molar refractivity (Wildman–Crippen MR) is 97.7 cm³/mol. The molecule has 0 aromatic heterocycles. The molecule has 0 saturated carbocycles. The number of carbonyl (C=O) groups excluding carboxylic acids is 1. The molecular formula is C19H19NO5S. The summed E-state index contributed by atoms with van der Waals surface area (Å²) in [4.78, 5) is 25.1. The van der Waals surface area contributed by atoms with E-state index in [-0.39, 0.29) is 12.3 Å². The van der Waals surface area contributed by atoms with E-state index in [0.717, 1.165) is 10.5 Å². The molecule has 2 aromatic carbocycles. The van der Waals surface area contributed by atoms with Crippen molar-refractivity contribution >= 4 is 23.6 Å². The molecule has 0 spiro atoms. The third-order valence-electron chi connectivity index (χ3n) is 4.37. The second kappa shape index (κ2) is 7.29. The van der Waals surface area contributed by atoms with Crippen LogP contribution in [0.1, 0.15) is 18.0 Å². The second-order valence-corrected chi connectivity index (χ2v) is 7.33. The fourth-order valence-corrected chi connectivity index (χ4v) is 4.31. The van der Waals surface area contributed by atoms with E-state index in [1.165, 1.54) is 11.8 Å². The first-order valence-electron chi connectivity index (χ1n) is 7.98. The van der Waals surface area contributed by atoms with Crippen LogP contribution < -0.4 is 14.8 Å². The number of hydrogen-bond acceptors (Lipinski definition) is 5. The summed E-state index contributed by atoms with van der Waals surface area (Å²) < 4.78 is 8.95. The zero-order valence-electron chi connectivity index (χ0n) is 14.4. The van der Waals surface area contributed by atoms with Crippen LogP contribution >= 0.6 is 11.8 Å². The molecule has 1 amide bonds. The van der Waals surface area contributed by atoms with Crippen molar-refractivity contribution in [3.05, 3.63) is 54.1 Å². The quantitative estimate of drug-likeness (QED) is 0.810. The normalized spacial score (nSPS) is 21.9. The highest BCUT2D eigenvalue weighted by molar-refractivity contribution is 8.01. The molecule has 0 bridgehead atoms. The van der Waals surface area contributed by atoms with Gasteiger partial charge in [0.15, 0.2) is 4.75 Å². The summed E-state index contributed by atoms with van der Waals surface area (Å²) in [6.07, 6.45) is -0.101. The van der Waals surface area contributed by atoms with Gasteiger partial charge >= 0.3 is 5.97 Å². The van der Waals surface area contributed by atoms with Crippen LogP contribution in [0.5, 0.6) is 11.5 Å². The third-order valence-corrected chi connectivity index (χ3v) is 5.79. The fourth-order valence-electron chi connectivity index (χ4n) is 3.01. The molecule has 0 aliphatic carbocycles. The van der Waals surface area contributed by atoms with Crippen LogP contribution in [0.15, 0.2) is 53.4 Å². The first kappa shape index (κ1) is 18.1. The van der Waals surface area contributed by atoms with Crippen LogP contribution in [-0.2, 0) is 9.59 Å². The maximum absolute atomic E-state index is 12.2. The first-order valence-corrected chi connectivity index (χ1v) is 8.80. The molecule has 1 heterocycles. The zero-order valence-corrected chi connectivity index (χ0v) is 15.2. The fraction of sp³-hybridized carbons (Fsp3) is 0.263. The van der Waals surface area contributed by atoms with Crippen molar-refractivity contribution in [1.82, 2.24) is 5.32 Å². The molecule has 1 aliphatic rings. The molecule has 26 heavy (non-hydrogen) atoms. The SMILES string of the molecule is COc1ccc(S[C@]2(C(=O)O)CC(=O)N[C@@H]2c2ccc(OC)cc2)cc1. The number of carboxylic acid groups (broad SMARTS) is 1. The van der Waals surface area contributed by atoms with E-state index >= 15 is 0 Å². The number of amides is 1. The van der Waals surface area contributed by atoms with Crippen molar-refractivity contribution in [2.24, 2.45) is 0 Å². The second-order valence-electron chi connectivity index (χ2n) is 5.92. The lowest BCUT2D eigenvalue weighted by molar-refractivity contribution is -0.140. The van der Waals surface area contributed by atoms with Crippen molar-refractivity contribution in [3.8, 4) is 11.5 Å². The van der Waals surface area contributed by atoms with E-state index in [0.29, 0.717) is 11.5 Å². The van der Waals surface area contributed by atoms with Gasteiger partial charge in [0, 0.05) is 4.90 Å². The first-order chi connectivity index (χ1) is 12.5. The van der Waals surface area contributed by atoms with E-state index in [2.05, 4.69) is 5.32 Å². The number of aliphatic carboxylic acids is 1. The van der Waals surface area contributed by atoms with Crippen molar-refractivity contribution in [2.75, 3.05) is 14.2 Å². The maximum Gasteiger partial charge on any atom is 0.323 e. The number of benzene rings is 2. The minimum absolute atomic E-state index is 0.101. The molecule has 1 fully saturated rings. The Morgan fingerprint density at radius 1 is 1.08 bits per heavy atom. The molecule has 136 valence electrons. The molecule has 2 N–H and O–H groups in total. The van der Waals surface area contributed by atoms with Crippen molar-refractivity contribution in [1.29, 1.82) is 0 Å². The summed E-state index contributed by atoms with van der Waals surface area (Å²) in [6.45, 7) is 0. The zero-order chi connectivity index (χ0) is 18.7. The van der Waals surface area contributed by atoms with Crippen LogP contribution in [0.3, 0.4) is 0 Å². The van der Waals surface area contributed by atoms with Crippen molar-refractivity contribution < 1.29 is 24.2 Å². The molecule has 0 radical (unpaired) electrons. The molecule has 2 atom stereocenters. The lowest BCUT2D eigenvalue weighted by Gasteiger charge is -2.29. The Bertz CT molecular complexity index is 806. The molecule has 0 unspecified atom stereocenters. The number of hydrogen-bond donors (Lipinski definition) is 2. The summed E-state index contributed by atoms with van der Waals surface area (Å²) in [7, 11) is 3.13. The Labute approximate surface area is 155 Å². The Hall–Kier alpha value is -2.67. The minimum atomic E-state index is -1.33. The monoisotopic (exact) mass is 373 g/mol. The minimum Gasteiger partial charge on any atom is -0.497 e. The van der Waals surface area contributed by atoms with Gasteiger partial charge in [0.2, 0.25) is 5.91 Å². The highest BCUT2D eigenvalue weighted by Gasteiger charge is 2.54. The molecule has 7 heteroatoms.